The molecule has 0 saturated heterocycles. The highest BCUT2D eigenvalue weighted by Gasteiger charge is 2.23. The fraction of sp³-hybridized carbons (Fsp3) is 0.154. The van der Waals surface area contributed by atoms with Crippen molar-refractivity contribution in [3.8, 4) is 17.2 Å². The summed E-state index contributed by atoms with van der Waals surface area (Å²) >= 11 is 0. The molecule has 36 heavy (non-hydrogen) atoms. The fourth-order valence-electron chi connectivity index (χ4n) is 3.63. The number of nitrogens with one attached hydrogen (secondary N) is 1. The van der Waals surface area contributed by atoms with Crippen LogP contribution in [0.2, 0.25) is 0 Å². The first kappa shape index (κ1) is 24.4. The minimum Gasteiger partial charge on any atom is -0.457 e. The second-order valence-electron chi connectivity index (χ2n) is 8.21. The lowest BCUT2D eigenvalue weighted by molar-refractivity contribution is 0.0821. The van der Waals surface area contributed by atoms with Crippen LogP contribution >= 0.6 is 0 Å². The van der Waals surface area contributed by atoms with Crippen LogP contribution in [0.15, 0.2) is 71.7 Å². The Bertz CT molecular complexity index is 1510. The number of anilines is 1. The average Bonchev–Trinajstić information content (AvgIpc) is 3.08. The zero-order valence-electron chi connectivity index (χ0n) is 20.2. The predicted molar refractivity (Wildman–Crippen MR) is 132 cm³/mol. The van der Waals surface area contributed by atoms with E-state index in [9.17, 15) is 18.8 Å². The van der Waals surface area contributed by atoms with E-state index in [4.69, 9.17) is 4.74 Å². The molecule has 10 heteroatoms. The molecule has 2 aromatic carbocycles. The number of carbonyl (C=O) groups excluding carboxylic acids is 2. The van der Waals surface area contributed by atoms with Crippen LogP contribution in [0.1, 0.15) is 26.5 Å². The van der Waals surface area contributed by atoms with Crippen molar-refractivity contribution in [2.45, 2.75) is 6.92 Å². The van der Waals surface area contributed by atoms with Crippen LogP contribution in [0.4, 0.5) is 10.1 Å². The van der Waals surface area contributed by atoms with E-state index in [1.165, 1.54) is 40.0 Å². The Labute approximate surface area is 206 Å². The summed E-state index contributed by atoms with van der Waals surface area (Å²) in [6, 6.07) is 15.8. The smallest absolute Gasteiger partial charge is 0.284 e. The van der Waals surface area contributed by atoms with Gasteiger partial charge in [0, 0.05) is 39.5 Å². The number of pyridine rings is 1. The first-order chi connectivity index (χ1) is 17.2. The fourth-order valence-corrected chi connectivity index (χ4v) is 3.63. The highest BCUT2D eigenvalue weighted by molar-refractivity contribution is 6.05. The molecule has 9 nitrogen and oxygen atoms in total. The Morgan fingerprint density at radius 3 is 2.39 bits per heavy atom. The number of ether oxygens (including phenoxy) is 1. The zero-order chi connectivity index (χ0) is 26.0. The number of rotatable bonds is 6. The number of hydrogen-bond acceptors (Lipinski definition) is 5. The van der Waals surface area contributed by atoms with Crippen molar-refractivity contribution in [1.29, 1.82) is 0 Å². The molecule has 0 bridgehead atoms. The van der Waals surface area contributed by atoms with Gasteiger partial charge in [-0.05, 0) is 37.3 Å². The summed E-state index contributed by atoms with van der Waals surface area (Å²) in [5.74, 6) is -1.32. The third-order valence-corrected chi connectivity index (χ3v) is 5.56. The van der Waals surface area contributed by atoms with Crippen molar-refractivity contribution in [2.24, 2.45) is 7.05 Å². The molecule has 0 unspecified atom stereocenters. The molecule has 184 valence electrons. The number of hydrogen-bond donors (Lipinski definition) is 1. The van der Waals surface area contributed by atoms with E-state index in [1.807, 2.05) is 6.07 Å². The number of halogens is 1. The van der Waals surface area contributed by atoms with Crippen LogP contribution in [0.3, 0.4) is 0 Å². The molecule has 0 aliphatic carbocycles. The lowest BCUT2D eigenvalue weighted by atomic mass is 10.2. The summed E-state index contributed by atoms with van der Waals surface area (Å²) in [7, 11) is 4.88. The minimum absolute atomic E-state index is 0.0871. The van der Waals surface area contributed by atoms with E-state index >= 15 is 0 Å². The average molecular weight is 490 g/mol. The topological polar surface area (TPSA) is 98.5 Å². The van der Waals surface area contributed by atoms with Gasteiger partial charge in [-0.1, -0.05) is 18.2 Å². The van der Waals surface area contributed by atoms with E-state index in [-0.39, 0.29) is 28.6 Å². The summed E-state index contributed by atoms with van der Waals surface area (Å²) in [6.07, 6.45) is 1.42. The van der Waals surface area contributed by atoms with Crippen molar-refractivity contribution in [1.82, 2.24) is 19.2 Å². The highest BCUT2D eigenvalue weighted by atomic mass is 19.1. The van der Waals surface area contributed by atoms with Gasteiger partial charge in [0.05, 0.1) is 17.1 Å². The maximum atomic E-state index is 14.8. The van der Waals surface area contributed by atoms with Crippen LogP contribution in [0.25, 0.3) is 5.69 Å². The molecule has 4 rings (SSSR count). The van der Waals surface area contributed by atoms with Gasteiger partial charge in [-0.15, -0.1) is 0 Å². The predicted octanol–water partition coefficient (Wildman–Crippen LogP) is 3.76. The van der Waals surface area contributed by atoms with Crippen molar-refractivity contribution < 1.29 is 18.7 Å². The second-order valence-corrected chi connectivity index (χ2v) is 8.21. The van der Waals surface area contributed by atoms with Crippen LogP contribution in [0, 0.1) is 12.7 Å². The van der Waals surface area contributed by atoms with Crippen molar-refractivity contribution in [3.05, 3.63) is 100.0 Å². The lowest BCUT2D eigenvalue weighted by Gasteiger charge is -2.12. The Balaban J connectivity index is 1.55. The van der Waals surface area contributed by atoms with Gasteiger partial charge in [0.2, 0.25) is 0 Å². The van der Waals surface area contributed by atoms with E-state index in [1.54, 1.807) is 57.0 Å². The Morgan fingerprint density at radius 2 is 1.72 bits per heavy atom. The molecule has 0 aliphatic heterocycles. The normalized spacial score (nSPS) is 10.7. The summed E-state index contributed by atoms with van der Waals surface area (Å²) in [5.41, 5.74) is 0.505. The third-order valence-electron chi connectivity index (χ3n) is 5.56. The summed E-state index contributed by atoms with van der Waals surface area (Å²) in [5, 5.41) is 2.47. The van der Waals surface area contributed by atoms with Crippen molar-refractivity contribution in [3.63, 3.8) is 0 Å². The van der Waals surface area contributed by atoms with Gasteiger partial charge in [-0.25, -0.2) is 9.07 Å². The number of aromatic nitrogens is 3. The largest absolute Gasteiger partial charge is 0.457 e. The molecular weight excluding hydrogens is 465 g/mol. The van der Waals surface area contributed by atoms with Gasteiger partial charge < -0.3 is 15.0 Å². The number of amides is 2. The van der Waals surface area contributed by atoms with Gasteiger partial charge in [0.1, 0.15) is 28.6 Å². The van der Waals surface area contributed by atoms with E-state index in [2.05, 4.69) is 10.3 Å². The Morgan fingerprint density at radius 1 is 1.03 bits per heavy atom. The van der Waals surface area contributed by atoms with E-state index in [0.29, 0.717) is 17.1 Å². The molecule has 2 aromatic heterocycles. The van der Waals surface area contributed by atoms with E-state index < -0.39 is 17.3 Å². The van der Waals surface area contributed by atoms with Gasteiger partial charge in [-0.3, -0.25) is 24.0 Å². The molecule has 0 saturated carbocycles. The van der Waals surface area contributed by atoms with Crippen molar-refractivity contribution >= 4 is 17.5 Å². The minimum atomic E-state index is -0.753. The number of para-hydroxylation sites is 1. The van der Waals surface area contributed by atoms with Crippen LogP contribution < -0.4 is 15.6 Å². The summed E-state index contributed by atoms with van der Waals surface area (Å²) in [4.78, 5) is 43.5. The lowest BCUT2D eigenvalue weighted by Crippen LogP contribution is -2.25. The van der Waals surface area contributed by atoms with Gasteiger partial charge in [0.15, 0.2) is 0 Å². The Hall–Kier alpha value is -4.73. The quantitative estimate of drug-likeness (QED) is 0.445. The first-order valence-electron chi connectivity index (χ1n) is 11.0. The number of nitrogens with zero attached hydrogens (tertiary/aromatic N) is 4. The molecular formula is C26H24FN5O4. The number of carbonyl (C=O) groups is 2. The first-order valence-corrected chi connectivity index (χ1v) is 11.0. The maximum Gasteiger partial charge on any atom is 0.284 e. The van der Waals surface area contributed by atoms with Gasteiger partial charge >= 0.3 is 0 Å². The van der Waals surface area contributed by atoms with Crippen LogP contribution in [-0.2, 0) is 7.05 Å². The molecule has 2 amide bonds. The summed E-state index contributed by atoms with van der Waals surface area (Å²) < 4.78 is 23.4. The molecule has 0 fully saturated rings. The van der Waals surface area contributed by atoms with Crippen molar-refractivity contribution in [2.75, 3.05) is 19.4 Å². The van der Waals surface area contributed by atoms with Gasteiger partial charge in [0.25, 0.3) is 17.4 Å². The molecule has 0 radical (unpaired) electrons. The zero-order valence-corrected chi connectivity index (χ0v) is 20.2. The highest BCUT2D eigenvalue weighted by Crippen LogP contribution is 2.26. The molecule has 0 atom stereocenters. The summed E-state index contributed by atoms with van der Waals surface area (Å²) in [6.45, 7) is 1.65. The van der Waals surface area contributed by atoms with E-state index in [0.717, 1.165) is 6.07 Å². The maximum absolute atomic E-state index is 14.8. The monoisotopic (exact) mass is 489 g/mol. The van der Waals surface area contributed by atoms with Crippen LogP contribution in [-0.4, -0.2) is 45.2 Å². The molecule has 4 aromatic rings. The standard InChI is InChI=1S/C26H24FN5O4/c1-16-23(26(35)32(31(16)4)17-8-6-5-7-9-17)24(33)29-21-11-10-18(14-20(21)27)36-19-12-13-28-22(15-19)25(34)30(2)3/h5-15H,1-4H3,(H,29,33). The van der Waals surface area contributed by atoms with Crippen LogP contribution in [0.5, 0.6) is 11.5 Å². The Kier molecular flexibility index (Phi) is 6.69. The SMILES string of the molecule is Cc1c(C(=O)Nc2ccc(Oc3ccnc(C(=O)N(C)C)c3)cc2F)c(=O)n(-c2ccccc2)n1C. The number of benzene rings is 2. The molecule has 0 spiro atoms. The molecule has 2 heterocycles. The van der Waals surface area contributed by atoms with Gasteiger partial charge in [-0.2, -0.15) is 0 Å². The second kappa shape index (κ2) is 9.87. The molecule has 0 aliphatic rings. The molecule has 1 N–H and O–H groups in total. The third kappa shape index (κ3) is 4.74.